The van der Waals surface area contributed by atoms with Crippen molar-refractivity contribution in [3.8, 4) is 0 Å². The van der Waals surface area contributed by atoms with Crippen LogP contribution >= 0.6 is 0 Å². The molecule has 0 spiro atoms. The van der Waals surface area contributed by atoms with Crippen LogP contribution in [0.25, 0.3) is 0 Å². The van der Waals surface area contributed by atoms with Gasteiger partial charge in [0, 0.05) is 6.04 Å². The molecule has 7 heteroatoms. The second kappa shape index (κ2) is 6.32. The molecule has 1 N–H and O–H groups in total. The molecule has 1 aliphatic rings. The number of rotatable bonds is 6. The SMILES string of the molecule is CC(NC(=O)CS(=O)(=O)C(C)c1ccc(F)c(F)c1)C1CC1. The maximum absolute atomic E-state index is 13.2. The Morgan fingerprint density at radius 2 is 1.91 bits per heavy atom. The average Bonchev–Trinajstić information content (AvgIpc) is 3.24. The Bertz CT molecular complexity index is 671. The molecule has 2 atom stereocenters. The fraction of sp³-hybridized carbons (Fsp3) is 0.533. The second-order valence-corrected chi connectivity index (χ2v) is 8.14. The largest absolute Gasteiger partial charge is 0.352 e. The first-order valence-electron chi connectivity index (χ1n) is 7.16. The predicted molar refractivity (Wildman–Crippen MR) is 78.9 cm³/mol. The molecule has 4 nitrogen and oxygen atoms in total. The molecule has 1 fully saturated rings. The summed E-state index contributed by atoms with van der Waals surface area (Å²) in [6, 6.07) is 2.90. The van der Waals surface area contributed by atoms with Gasteiger partial charge in [0.15, 0.2) is 21.5 Å². The summed E-state index contributed by atoms with van der Waals surface area (Å²) < 4.78 is 50.6. The van der Waals surface area contributed by atoms with E-state index in [2.05, 4.69) is 5.32 Å². The molecule has 1 saturated carbocycles. The summed E-state index contributed by atoms with van der Waals surface area (Å²) in [7, 11) is -3.79. The zero-order valence-corrected chi connectivity index (χ0v) is 13.3. The quantitative estimate of drug-likeness (QED) is 0.870. The fourth-order valence-electron chi connectivity index (χ4n) is 2.29. The summed E-state index contributed by atoms with van der Waals surface area (Å²) in [6.07, 6.45) is 2.08. The van der Waals surface area contributed by atoms with Gasteiger partial charge in [0.25, 0.3) is 0 Å². The van der Waals surface area contributed by atoms with Crippen LogP contribution in [0.2, 0.25) is 0 Å². The van der Waals surface area contributed by atoms with Gasteiger partial charge in [-0.3, -0.25) is 4.79 Å². The summed E-state index contributed by atoms with van der Waals surface area (Å²) in [5.74, 6) is -2.94. The van der Waals surface area contributed by atoms with Crippen molar-refractivity contribution in [2.75, 3.05) is 5.75 Å². The van der Waals surface area contributed by atoms with Crippen LogP contribution in [-0.4, -0.2) is 26.1 Å². The van der Waals surface area contributed by atoms with Gasteiger partial charge >= 0.3 is 0 Å². The van der Waals surface area contributed by atoms with Crippen molar-refractivity contribution in [1.82, 2.24) is 5.32 Å². The smallest absolute Gasteiger partial charge is 0.235 e. The van der Waals surface area contributed by atoms with Gasteiger partial charge in [-0.25, -0.2) is 17.2 Å². The molecular weight excluding hydrogens is 312 g/mol. The Morgan fingerprint density at radius 3 is 2.45 bits per heavy atom. The van der Waals surface area contributed by atoms with E-state index in [1.807, 2.05) is 6.92 Å². The molecule has 122 valence electrons. The standard InChI is InChI=1S/C15H19F2NO3S/c1-9(11-3-4-11)18-15(19)8-22(20,21)10(2)12-5-6-13(16)14(17)7-12/h5-7,9-11H,3-4,8H2,1-2H3,(H,18,19). The highest BCUT2D eigenvalue weighted by Crippen LogP contribution is 2.32. The molecule has 22 heavy (non-hydrogen) atoms. The van der Waals surface area contributed by atoms with E-state index in [0.29, 0.717) is 5.92 Å². The molecule has 1 aromatic rings. The molecule has 1 aliphatic carbocycles. The Labute approximate surface area is 128 Å². The predicted octanol–water partition coefficient (Wildman–Crippen LogP) is 2.36. The third-order valence-electron chi connectivity index (χ3n) is 4.00. The van der Waals surface area contributed by atoms with Crippen molar-refractivity contribution in [3.63, 3.8) is 0 Å². The van der Waals surface area contributed by atoms with Gasteiger partial charge in [0.05, 0.1) is 5.25 Å². The second-order valence-electron chi connectivity index (χ2n) is 5.82. The maximum Gasteiger partial charge on any atom is 0.235 e. The summed E-state index contributed by atoms with van der Waals surface area (Å²) in [5, 5.41) is 1.59. The van der Waals surface area contributed by atoms with E-state index in [4.69, 9.17) is 0 Å². The molecule has 0 saturated heterocycles. The lowest BCUT2D eigenvalue weighted by Crippen LogP contribution is -2.38. The lowest BCUT2D eigenvalue weighted by molar-refractivity contribution is -0.119. The first kappa shape index (κ1) is 16.9. The molecule has 0 heterocycles. The van der Waals surface area contributed by atoms with Crippen molar-refractivity contribution >= 4 is 15.7 Å². The number of carbonyl (C=O) groups excluding carboxylic acids is 1. The number of hydrogen-bond acceptors (Lipinski definition) is 3. The zero-order chi connectivity index (χ0) is 16.5. The van der Waals surface area contributed by atoms with Gasteiger partial charge in [0.2, 0.25) is 5.91 Å². The minimum absolute atomic E-state index is 0.0405. The van der Waals surface area contributed by atoms with E-state index in [1.54, 1.807) is 0 Å². The van der Waals surface area contributed by atoms with Crippen LogP contribution in [0.3, 0.4) is 0 Å². The van der Waals surface area contributed by atoms with Crippen molar-refractivity contribution in [1.29, 1.82) is 0 Å². The topological polar surface area (TPSA) is 63.2 Å². The fourth-order valence-corrected chi connectivity index (χ4v) is 3.55. The number of hydrogen-bond donors (Lipinski definition) is 1. The summed E-state index contributed by atoms with van der Waals surface area (Å²) in [4.78, 5) is 11.8. The van der Waals surface area contributed by atoms with Crippen LogP contribution in [0.1, 0.15) is 37.5 Å². The summed E-state index contributed by atoms with van der Waals surface area (Å²) in [5.41, 5.74) is 0.127. The van der Waals surface area contributed by atoms with Gasteiger partial charge in [-0.05, 0) is 50.3 Å². The van der Waals surface area contributed by atoms with Crippen LogP contribution in [-0.2, 0) is 14.6 Å². The van der Waals surface area contributed by atoms with E-state index in [-0.39, 0.29) is 11.6 Å². The minimum Gasteiger partial charge on any atom is -0.352 e. The van der Waals surface area contributed by atoms with Gasteiger partial charge in [-0.2, -0.15) is 0 Å². The summed E-state index contributed by atoms with van der Waals surface area (Å²) >= 11 is 0. The van der Waals surface area contributed by atoms with Crippen molar-refractivity contribution in [3.05, 3.63) is 35.4 Å². The van der Waals surface area contributed by atoms with E-state index < -0.39 is 38.4 Å². The van der Waals surface area contributed by atoms with E-state index >= 15 is 0 Å². The van der Waals surface area contributed by atoms with Crippen LogP contribution in [0.15, 0.2) is 18.2 Å². The molecule has 0 aliphatic heterocycles. The molecule has 2 unspecified atom stereocenters. The monoisotopic (exact) mass is 331 g/mol. The Morgan fingerprint density at radius 1 is 1.27 bits per heavy atom. The normalized spacial score (nSPS) is 17.8. The number of nitrogens with one attached hydrogen (secondary N) is 1. The molecular formula is C15H19F2NO3S. The number of amides is 1. The number of benzene rings is 1. The highest BCUT2D eigenvalue weighted by atomic mass is 32.2. The molecule has 2 rings (SSSR count). The zero-order valence-electron chi connectivity index (χ0n) is 12.5. The Balaban J connectivity index is 2.04. The lowest BCUT2D eigenvalue weighted by atomic mass is 10.1. The number of sulfone groups is 1. The minimum atomic E-state index is -3.79. The van der Waals surface area contributed by atoms with Crippen molar-refractivity contribution in [2.45, 2.75) is 38.0 Å². The highest BCUT2D eigenvalue weighted by Gasteiger charge is 2.31. The molecule has 0 bridgehead atoms. The molecule has 0 radical (unpaired) electrons. The third-order valence-corrected chi connectivity index (χ3v) is 6.02. The van der Waals surface area contributed by atoms with E-state index in [0.717, 1.165) is 25.0 Å². The number of carbonyl (C=O) groups is 1. The van der Waals surface area contributed by atoms with Gasteiger partial charge in [-0.1, -0.05) is 6.07 Å². The summed E-state index contributed by atoms with van der Waals surface area (Å²) in [6.45, 7) is 3.21. The maximum atomic E-state index is 13.2. The molecule has 0 aromatic heterocycles. The first-order valence-corrected chi connectivity index (χ1v) is 8.88. The third kappa shape index (κ3) is 4.03. The average molecular weight is 331 g/mol. The van der Waals surface area contributed by atoms with E-state index in [9.17, 15) is 22.0 Å². The van der Waals surface area contributed by atoms with Gasteiger partial charge < -0.3 is 5.32 Å². The molecule has 1 amide bonds. The Kier molecular flexibility index (Phi) is 4.84. The van der Waals surface area contributed by atoms with Crippen molar-refractivity contribution < 1.29 is 22.0 Å². The molecule has 1 aromatic carbocycles. The van der Waals surface area contributed by atoms with Gasteiger partial charge in [-0.15, -0.1) is 0 Å². The van der Waals surface area contributed by atoms with Crippen LogP contribution in [0.4, 0.5) is 8.78 Å². The first-order chi connectivity index (χ1) is 10.2. The Hall–Kier alpha value is -1.50. The lowest BCUT2D eigenvalue weighted by Gasteiger charge is -2.16. The van der Waals surface area contributed by atoms with E-state index in [1.165, 1.54) is 13.0 Å². The van der Waals surface area contributed by atoms with Crippen LogP contribution < -0.4 is 5.32 Å². The van der Waals surface area contributed by atoms with Crippen LogP contribution in [0.5, 0.6) is 0 Å². The van der Waals surface area contributed by atoms with Crippen molar-refractivity contribution in [2.24, 2.45) is 5.92 Å². The number of halogens is 2. The van der Waals surface area contributed by atoms with Gasteiger partial charge in [0.1, 0.15) is 5.75 Å². The highest BCUT2D eigenvalue weighted by molar-refractivity contribution is 7.92. The van der Waals surface area contributed by atoms with Crippen LogP contribution in [0, 0.1) is 17.6 Å².